The summed E-state index contributed by atoms with van der Waals surface area (Å²) >= 11 is 10.2. The van der Waals surface area contributed by atoms with Crippen LogP contribution in [0.1, 0.15) is 0 Å². The molecule has 0 radical (unpaired) electrons. The Morgan fingerprint density at radius 1 is 1.34 bits per heavy atom. The van der Waals surface area contributed by atoms with Crippen LogP contribution in [0.5, 0.6) is 5.75 Å². The largest absolute Gasteiger partial charge is 0.507 e. The number of nitro groups is 1. The standard InChI is InChI=1S/C17H13BrClN5O4S/c1-23-16(11-6-9(18)2-5-14(11)25)21-22-17(23)29-8-15(26)20-10-3-4-12(19)13(7-10)24(27)28/h2-7,25H,8H2,1H3,(H,20,26). The van der Waals surface area contributed by atoms with Crippen LogP contribution in [0.25, 0.3) is 11.4 Å². The number of phenolic OH excluding ortho intramolecular Hbond substituents is 1. The third kappa shape index (κ3) is 4.86. The van der Waals surface area contributed by atoms with Gasteiger partial charge in [-0.25, -0.2) is 0 Å². The highest BCUT2D eigenvalue weighted by molar-refractivity contribution is 9.10. The Kier molecular flexibility index (Phi) is 6.40. The molecule has 1 aromatic heterocycles. The summed E-state index contributed by atoms with van der Waals surface area (Å²) in [6.07, 6.45) is 0. The normalized spacial score (nSPS) is 10.7. The summed E-state index contributed by atoms with van der Waals surface area (Å²) in [5, 5.41) is 32.2. The van der Waals surface area contributed by atoms with E-state index in [0.29, 0.717) is 16.5 Å². The number of anilines is 1. The molecule has 0 saturated heterocycles. The molecule has 150 valence electrons. The molecule has 0 aliphatic carbocycles. The summed E-state index contributed by atoms with van der Waals surface area (Å²) in [7, 11) is 1.72. The van der Waals surface area contributed by atoms with Crippen molar-refractivity contribution in [1.29, 1.82) is 0 Å². The van der Waals surface area contributed by atoms with E-state index < -0.39 is 4.92 Å². The van der Waals surface area contributed by atoms with Gasteiger partial charge in [-0.15, -0.1) is 10.2 Å². The minimum atomic E-state index is -0.620. The van der Waals surface area contributed by atoms with Crippen LogP contribution in [-0.4, -0.2) is 36.5 Å². The molecule has 0 aliphatic rings. The highest BCUT2D eigenvalue weighted by Crippen LogP contribution is 2.32. The molecule has 0 unspecified atom stereocenters. The molecule has 3 aromatic rings. The fourth-order valence-electron chi connectivity index (χ4n) is 2.42. The van der Waals surface area contributed by atoms with Crippen molar-refractivity contribution >= 4 is 56.6 Å². The quantitative estimate of drug-likeness (QED) is 0.296. The molecule has 2 N–H and O–H groups in total. The Bertz CT molecular complexity index is 1110. The smallest absolute Gasteiger partial charge is 0.289 e. The predicted molar refractivity (Wildman–Crippen MR) is 113 cm³/mol. The van der Waals surface area contributed by atoms with Crippen LogP contribution in [0.15, 0.2) is 46.0 Å². The van der Waals surface area contributed by atoms with Gasteiger partial charge in [0, 0.05) is 23.3 Å². The summed E-state index contributed by atoms with van der Waals surface area (Å²) < 4.78 is 2.44. The summed E-state index contributed by atoms with van der Waals surface area (Å²) in [6, 6.07) is 8.99. The second-order valence-electron chi connectivity index (χ2n) is 5.79. The number of amides is 1. The van der Waals surface area contributed by atoms with E-state index in [0.717, 1.165) is 16.2 Å². The zero-order chi connectivity index (χ0) is 21.1. The summed E-state index contributed by atoms with van der Waals surface area (Å²) in [5.41, 5.74) is 0.479. The Labute approximate surface area is 182 Å². The number of carbonyl (C=O) groups is 1. The first-order valence-corrected chi connectivity index (χ1v) is 10.2. The molecular weight excluding hydrogens is 486 g/mol. The molecule has 29 heavy (non-hydrogen) atoms. The van der Waals surface area contributed by atoms with E-state index in [4.69, 9.17) is 11.6 Å². The Balaban J connectivity index is 1.69. The number of nitro benzene ring substituents is 1. The second kappa shape index (κ2) is 8.80. The first-order valence-electron chi connectivity index (χ1n) is 8.01. The first kappa shape index (κ1) is 21.1. The van der Waals surface area contributed by atoms with E-state index in [9.17, 15) is 20.0 Å². The topological polar surface area (TPSA) is 123 Å². The SMILES string of the molecule is Cn1c(SCC(=O)Nc2ccc(Cl)c([N+](=O)[O-])c2)nnc1-c1cc(Br)ccc1O. The van der Waals surface area contributed by atoms with Crippen molar-refractivity contribution in [2.24, 2.45) is 7.05 Å². The van der Waals surface area contributed by atoms with Crippen molar-refractivity contribution in [3.63, 3.8) is 0 Å². The minimum absolute atomic E-state index is 0.00681. The van der Waals surface area contributed by atoms with E-state index in [-0.39, 0.29) is 33.8 Å². The highest BCUT2D eigenvalue weighted by Gasteiger charge is 2.17. The van der Waals surface area contributed by atoms with Crippen LogP contribution in [0.3, 0.4) is 0 Å². The number of aromatic nitrogens is 3. The molecule has 1 heterocycles. The number of aromatic hydroxyl groups is 1. The van der Waals surface area contributed by atoms with Gasteiger partial charge in [0.15, 0.2) is 11.0 Å². The Morgan fingerprint density at radius 2 is 2.10 bits per heavy atom. The number of halogens is 2. The van der Waals surface area contributed by atoms with Crippen LogP contribution in [-0.2, 0) is 11.8 Å². The average Bonchev–Trinajstić information content (AvgIpc) is 3.03. The number of phenols is 1. The van der Waals surface area contributed by atoms with Crippen LogP contribution in [0, 0.1) is 10.1 Å². The Hall–Kier alpha value is -2.63. The zero-order valence-corrected chi connectivity index (χ0v) is 18.0. The van der Waals surface area contributed by atoms with Gasteiger partial charge in [-0.2, -0.15) is 0 Å². The van der Waals surface area contributed by atoms with Crippen molar-refractivity contribution in [2.45, 2.75) is 5.16 Å². The molecule has 3 rings (SSSR count). The molecule has 0 spiro atoms. The Morgan fingerprint density at radius 3 is 2.83 bits per heavy atom. The van der Waals surface area contributed by atoms with Crippen molar-refractivity contribution in [2.75, 3.05) is 11.1 Å². The lowest BCUT2D eigenvalue weighted by Crippen LogP contribution is -2.14. The first-order chi connectivity index (χ1) is 13.8. The number of nitrogens with zero attached hydrogens (tertiary/aromatic N) is 4. The number of thioether (sulfide) groups is 1. The van der Waals surface area contributed by atoms with E-state index >= 15 is 0 Å². The van der Waals surface area contributed by atoms with Crippen LogP contribution >= 0.6 is 39.3 Å². The number of rotatable bonds is 6. The van der Waals surface area contributed by atoms with Gasteiger partial charge in [0.05, 0.1) is 16.2 Å². The fraction of sp³-hybridized carbons (Fsp3) is 0.118. The van der Waals surface area contributed by atoms with E-state index in [1.165, 1.54) is 18.2 Å². The molecule has 0 fully saturated rings. The lowest BCUT2D eigenvalue weighted by Gasteiger charge is -2.07. The molecule has 0 aliphatic heterocycles. The van der Waals surface area contributed by atoms with E-state index in [1.807, 2.05) is 0 Å². The average molecular weight is 499 g/mol. The van der Waals surface area contributed by atoms with Crippen LogP contribution in [0.2, 0.25) is 5.02 Å². The maximum absolute atomic E-state index is 12.2. The minimum Gasteiger partial charge on any atom is -0.507 e. The molecule has 0 saturated carbocycles. The molecule has 9 nitrogen and oxygen atoms in total. The van der Waals surface area contributed by atoms with Gasteiger partial charge >= 0.3 is 0 Å². The molecule has 0 atom stereocenters. The van der Waals surface area contributed by atoms with Crippen LogP contribution < -0.4 is 5.32 Å². The fourth-order valence-corrected chi connectivity index (χ4v) is 3.68. The number of nitrogens with one attached hydrogen (secondary N) is 1. The summed E-state index contributed by atoms with van der Waals surface area (Å²) in [6.45, 7) is 0. The predicted octanol–water partition coefficient (Wildman–Crippen LogP) is 4.24. The zero-order valence-electron chi connectivity index (χ0n) is 14.8. The number of benzene rings is 2. The molecule has 2 aromatic carbocycles. The van der Waals surface area contributed by atoms with Gasteiger partial charge in [-0.05, 0) is 30.3 Å². The van der Waals surface area contributed by atoms with Gasteiger partial charge in [-0.1, -0.05) is 39.3 Å². The third-order valence-electron chi connectivity index (χ3n) is 3.79. The van der Waals surface area contributed by atoms with Gasteiger partial charge in [0.2, 0.25) is 5.91 Å². The number of carbonyl (C=O) groups excluding carboxylic acids is 1. The molecule has 1 amide bonds. The van der Waals surface area contributed by atoms with Crippen molar-refractivity contribution in [1.82, 2.24) is 14.8 Å². The van der Waals surface area contributed by atoms with Gasteiger partial charge in [-0.3, -0.25) is 14.9 Å². The van der Waals surface area contributed by atoms with Crippen molar-refractivity contribution in [3.8, 4) is 17.1 Å². The van der Waals surface area contributed by atoms with Gasteiger partial charge < -0.3 is 15.0 Å². The number of hydrogen-bond acceptors (Lipinski definition) is 7. The van der Waals surface area contributed by atoms with Gasteiger partial charge in [0.25, 0.3) is 5.69 Å². The second-order valence-corrected chi connectivity index (χ2v) is 8.05. The van der Waals surface area contributed by atoms with Crippen molar-refractivity contribution in [3.05, 3.63) is 56.0 Å². The third-order valence-corrected chi connectivity index (χ3v) is 5.63. The summed E-state index contributed by atoms with van der Waals surface area (Å²) in [5.74, 6) is 0.135. The summed E-state index contributed by atoms with van der Waals surface area (Å²) in [4.78, 5) is 22.5. The van der Waals surface area contributed by atoms with Crippen molar-refractivity contribution < 1.29 is 14.8 Å². The van der Waals surface area contributed by atoms with Gasteiger partial charge in [0.1, 0.15) is 10.8 Å². The highest BCUT2D eigenvalue weighted by atomic mass is 79.9. The number of hydrogen-bond donors (Lipinski definition) is 2. The van der Waals surface area contributed by atoms with E-state index in [2.05, 4.69) is 31.4 Å². The maximum Gasteiger partial charge on any atom is 0.289 e. The molecule has 12 heteroatoms. The lowest BCUT2D eigenvalue weighted by atomic mass is 10.2. The van der Waals surface area contributed by atoms with Crippen LogP contribution in [0.4, 0.5) is 11.4 Å². The van der Waals surface area contributed by atoms with E-state index in [1.54, 1.807) is 29.8 Å². The monoisotopic (exact) mass is 497 g/mol. The lowest BCUT2D eigenvalue weighted by molar-refractivity contribution is -0.384. The molecular formula is C17H13BrClN5O4S. The molecule has 0 bridgehead atoms. The maximum atomic E-state index is 12.2.